The molecule has 0 bridgehead atoms. The molecule has 1 heterocycles. The van der Waals surface area contributed by atoms with Crippen LogP contribution in [0.2, 0.25) is 0 Å². The first kappa shape index (κ1) is 23.7. The molecule has 0 saturated heterocycles. The number of fused-ring (bicyclic) bond motifs is 1. The quantitative estimate of drug-likeness (QED) is 0.238. The first-order valence-electron chi connectivity index (χ1n) is 10.7. The predicted octanol–water partition coefficient (Wildman–Crippen LogP) is 5.29. The van der Waals surface area contributed by atoms with E-state index in [0.717, 1.165) is 0 Å². The number of benzene rings is 3. The molecule has 0 amide bonds. The molecule has 0 aliphatic carbocycles. The van der Waals surface area contributed by atoms with E-state index in [0.29, 0.717) is 51.0 Å². The summed E-state index contributed by atoms with van der Waals surface area (Å²) in [6, 6.07) is 15.9. The average molecular weight is 475 g/mol. The molecule has 0 N–H and O–H groups in total. The summed E-state index contributed by atoms with van der Waals surface area (Å²) in [6.07, 6.45) is 1.66. The number of oxazole rings is 1. The van der Waals surface area contributed by atoms with Crippen molar-refractivity contribution < 1.29 is 32.9 Å². The molecule has 3 aromatic carbocycles. The Bertz CT molecular complexity index is 1350. The minimum Gasteiger partial charge on any atom is -0.493 e. The van der Waals surface area contributed by atoms with Gasteiger partial charge in [-0.25, -0.2) is 4.98 Å². The number of para-hydroxylation sites is 3. The third-order valence-electron chi connectivity index (χ3n) is 5.43. The van der Waals surface area contributed by atoms with E-state index < -0.39 is 0 Å². The summed E-state index contributed by atoms with van der Waals surface area (Å²) in [7, 11) is 7.57. The van der Waals surface area contributed by atoms with Crippen molar-refractivity contribution in [3.05, 3.63) is 71.6 Å². The number of carbonyl (C=O) groups excluding carboxylic acids is 1. The van der Waals surface area contributed by atoms with Gasteiger partial charge >= 0.3 is 0 Å². The molecule has 8 nitrogen and oxygen atoms in total. The number of hydrogen-bond donors (Lipinski definition) is 0. The van der Waals surface area contributed by atoms with Crippen LogP contribution >= 0.6 is 0 Å². The van der Waals surface area contributed by atoms with E-state index in [2.05, 4.69) is 4.98 Å². The van der Waals surface area contributed by atoms with Crippen LogP contribution in [-0.2, 0) is 0 Å². The smallest absolute Gasteiger partial charge is 0.231 e. The minimum absolute atomic E-state index is 0.162. The summed E-state index contributed by atoms with van der Waals surface area (Å²) in [5, 5.41) is 0. The summed E-state index contributed by atoms with van der Waals surface area (Å²) in [5.41, 5.74) is 2.31. The molecule has 35 heavy (non-hydrogen) atoms. The van der Waals surface area contributed by atoms with Gasteiger partial charge in [0.05, 0.1) is 41.1 Å². The van der Waals surface area contributed by atoms with Crippen LogP contribution in [0.25, 0.3) is 22.7 Å². The normalized spacial score (nSPS) is 11.3. The summed E-state index contributed by atoms with van der Waals surface area (Å²) in [6.45, 7) is 0. The van der Waals surface area contributed by atoms with Crippen LogP contribution < -0.4 is 23.7 Å². The Kier molecular flexibility index (Phi) is 6.91. The molecule has 0 atom stereocenters. The van der Waals surface area contributed by atoms with E-state index in [1.807, 2.05) is 24.3 Å². The van der Waals surface area contributed by atoms with Gasteiger partial charge in [-0.1, -0.05) is 24.3 Å². The first-order valence-corrected chi connectivity index (χ1v) is 10.7. The van der Waals surface area contributed by atoms with E-state index in [4.69, 9.17) is 28.1 Å². The fourth-order valence-electron chi connectivity index (χ4n) is 3.76. The van der Waals surface area contributed by atoms with Gasteiger partial charge in [0.15, 0.2) is 34.4 Å². The molecule has 8 heteroatoms. The second-order valence-corrected chi connectivity index (χ2v) is 7.37. The van der Waals surface area contributed by atoms with Crippen molar-refractivity contribution in [2.45, 2.75) is 0 Å². The third kappa shape index (κ3) is 4.50. The van der Waals surface area contributed by atoms with Gasteiger partial charge in [-0.15, -0.1) is 0 Å². The fourth-order valence-corrected chi connectivity index (χ4v) is 3.76. The molecule has 4 rings (SSSR count). The van der Waals surface area contributed by atoms with Gasteiger partial charge in [0.2, 0.25) is 11.6 Å². The minimum atomic E-state index is -0.360. The van der Waals surface area contributed by atoms with Crippen molar-refractivity contribution in [1.82, 2.24) is 4.98 Å². The van der Waals surface area contributed by atoms with Gasteiger partial charge in [0, 0.05) is 11.1 Å². The van der Waals surface area contributed by atoms with E-state index in [-0.39, 0.29) is 17.2 Å². The zero-order valence-electron chi connectivity index (χ0n) is 20.1. The molecular weight excluding hydrogens is 450 g/mol. The lowest BCUT2D eigenvalue weighted by molar-refractivity contribution is 0.105. The van der Waals surface area contributed by atoms with Crippen LogP contribution in [-0.4, -0.2) is 46.3 Å². The number of ketones is 1. The van der Waals surface area contributed by atoms with Gasteiger partial charge in [-0.3, -0.25) is 4.79 Å². The Labute approximate surface area is 202 Å². The lowest BCUT2D eigenvalue weighted by Crippen LogP contribution is -2.06. The van der Waals surface area contributed by atoms with Crippen LogP contribution in [0.4, 0.5) is 0 Å². The van der Waals surface area contributed by atoms with Gasteiger partial charge in [0.1, 0.15) is 5.52 Å². The molecule has 0 aliphatic heterocycles. The number of carbonyl (C=O) groups is 1. The van der Waals surface area contributed by atoms with E-state index in [1.54, 1.807) is 43.5 Å². The zero-order chi connectivity index (χ0) is 24.9. The maximum absolute atomic E-state index is 13.9. The Hall–Kier alpha value is -4.46. The first-order chi connectivity index (χ1) is 17.0. The molecule has 0 spiro atoms. The molecule has 1 aromatic heterocycles. The van der Waals surface area contributed by atoms with Crippen LogP contribution in [0.5, 0.6) is 28.7 Å². The second-order valence-electron chi connectivity index (χ2n) is 7.37. The van der Waals surface area contributed by atoms with E-state index in [9.17, 15) is 4.79 Å². The monoisotopic (exact) mass is 475 g/mol. The average Bonchev–Trinajstić information content (AvgIpc) is 3.34. The fraction of sp³-hybridized carbons (Fsp3) is 0.185. The Morgan fingerprint density at radius 3 is 2.03 bits per heavy atom. The lowest BCUT2D eigenvalue weighted by Gasteiger charge is -2.14. The molecular formula is C27H25NO7. The Balaban J connectivity index is 1.94. The highest BCUT2D eigenvalue weighted by atomic mass is 16.5. The number of nitrogens with zero attached hydrogens (tertiary/aromatic N) is 1. The molecule has 0 saturated carbocycles. The number of ether oxygens (including phenoxy) is 5. The molecule has 4 aromatic rings. The zero-order valence-corrected chi connectivity index (χ0v) is 20.1. The predicted molar refractivity (Wildman–Crippen MR) is 132 cm³/mol. The highest BCUT2D eigenvalue weighted by Crippen LogP contribution is 2.40. The van der Waals surface area contributed by atoms with E-state index >= 15 is 0 Å². The van der Waals surface area contributed by atoms with Gasteiger partial charge < -0.3 is 28.1 Å². The number of rotatable bonds is 9. The Morgan fingerprint density at radius 2 is 1.43 bits per heavy atom. The summed E-state index contributed by atoms with van der Waals surface area (Å²) >= 11 is 0. The topological polar surface area (TPSA) is 89.3 Å². The number of Topliss-reactive ketones (excluding diaryl/α,β-unsaturated/α-hetero) is 1. The number of allylic oxidation sites excluding steroid dienone is 1. The largest absolute Gasteiger partial charge is 0.493 e. The number of hydrogen-bond acceptors (Lipinski definition) is 8. The van der Waals surface area contributed by atoms with Crippen LogP contribution in [0.1, 0.15) is 21.8 Å². The van der Waals surface area contributed by atoms with Crippen molar-refractivity contribution in [3.63, 3.8) is 0 Å². The highest BCUT2D eigenvalue weighted by Gasteiger charge is 2.24. The number of aromatic nitrogens is 1. The third-order valence-corrected chi connectivity index (χ3v) is 5.43. The SMILES string of the molecule is COc1cccc(C=C(C(=O)c2cc(OC)c(OC)c(OC)c2)c2nc3ccccc3o2)c1OC. The molecule has 0 radical (unpaired) electrons. The Morgan fingerprint density at radius 1 is 0.771 bits per heavy atom. The van der Waals surface area contributed by atoms with Crippen LogP contribution in [0.15, 0.2) is 59.0 Å². The van der Waals surface area contributed by atoms with Crippen molar-refractivity contribution in [3.8, 4) is 28.7 Å². The second kappa shape index (κ2) is 10.2. The van der Waals surface area contributed by atoms with Gasteiger partial charge in [0.25, 0.3) is 0 Å². The highest BCUT2D eigenvalue weighted by molar-refractivity contribution is 6.32. The lowest BCUT2D eigenvalue weighted by atomic mass is 9.99. The molecule has 0 unspecified atom stereocenters. The molecule has 0 fully saturated rings. The van der Waals surface area contributed by atoms with E-state index in [1.165, 1.54) is 28.4 Å². The molecule has 180 valence electrons. The summed E-state index contributed by atoms with van der Waals surface area (Å²) < 4.78 is 33.2. The number of methoxy groups -OCH3 is 5. The van der Waals surface area contributed by atoms with Gasteiger partial charge in [-0.2, -0.15) is 0 Å². The van der Waals surface area contributed by atoms with Gasteiger partial charge in [-0.05, 0) is 36.4 Å². The maximum atomic E-state index is 13.9. The van der Waals surface area contributed by atoms with Crippen LogP contribution in [0, 0.1) is 0 Å². The van der Waals surface area contributed by atoms with Crippen molar-refractivity contribution in [2.75, 3.05) is 35.5 Å². The van der Waals surface area contributed by atoms with Crippen molar-refractivity contribution in [2.24, 2.45) is 0 Å². The summed E-state index contributed by atoms with van der Waals surface area (Å²) in [5.74, 6) is 1.89. The van der Waals surface area contributed by atoms with Crippen molar-refractivity contribution in [1.29, 1.82) is 0 Å². The molecule has 0 aliphatic rings. The maximum Gasteiger partial charge on any atom is 0.231 e. The standard InChI is InChI=1S/C27H25NO7/c1-30-21-12-8-9-16(25(21)33-4)13-18(27-28-19-10-6-7-11-20(19)35-27)24(29)17-14-22(31-2)26(34-5)23(15-17)32-3/h6-15H,1-5H3. The van der Waals surface area contributed by atoms with Crippen molar-refractivity contribution >= 4 is 28.5 Å². The van der Waals surface area contributed by atoms with Crippen LogP contribution in [0.3, 0.4) is 0 Å². The summed E-state index contributed by atoms with van der Waals surface area (Å²) in [4.78, 5) is 18.5.